The molecule has 2 N–H and O–H groups in total. The van der Waals surface area contributed by atoms with Crippen LogP contribution in [0.3, 0.4) is 0 Å². The molecule has 1 aromatic heterocycles. The van der Waals surface area contributed by atoms with Crippen LogP contribution in [0.15, 0.2) is 9.52 Å². The summed E-state index contributed by atoms with van der Waals surface area (Å²) in [7, 11) is 1.79. The number of hydrogen-bond donors (Lipinski definition) is 2. The highest BCUT2D eigenvalue weighted by Crippen LogP contribution is 2.24. The quantitative estimate of drug-likeness (QED) is 0.422. The zero-order valence-electron chi connectivity index (χ0n) is 14.7. The van der Waals surface area contributed by atoms with Gasteiger partial charge in [-0.05, 0) is 33.6 Å². The molecule has 1 aliphatic heterocycles. The van der Waals surface area contributed by atoms with Gasteiger partial charge in [-0.2, -0.15) is 0 Å². The molecule has 2 unspecified atom stereocenters. The zero-order chi connectivity index (χ0) is 16.2. The molecular formula is C16H29IN4O2. The smallest absolute Gasteiger partial charge is 0.191 e. The summed E-state index contributed by atoms with van der Waals surface area (Å²) in [5.41, 5.74) is 2.06. The monoisotopic (exact) mass is 436 g/mol. The van der Waals surface area contributed by atoms with Crippen molar-refractivity contribution in [3.63, 3.8) is 0 Å². The minimum absolute atomic E-state index is 0. The van der Waals surface area contributed by atoms with Crippen LogP contribution in [-0.2, 0) is 4.74 Å². The zero-order valence-corrected chi connectivity index (χ0v) is 17.1. The second kappa shape index (κ2) is 8.86. The first-order valence-corrected chi connectivity index (χ1v) is 7.96. The Morgan fingerprint density at radius 2 is 2.13 bits per heavy atom. The predicted octanol–water partition coefficient (Wildman–Crippen LogP) is 2.75. The molecule has 1 fully saturated rings. The molecule has 0 aliphatic carbocycles. The molecule has 0 bridgehead atoms. The van der Waals surface area contributed by atoms with Crippen LogP contribution >= 0.6 is 24.0 Å². The Morgan fingerprint density at radius 1 is 1.39 bits per heavy atom. The Bertz CT molecular complexity index is 505. The molecule has 132 valence electrons. The number of aryl methyl sites for hydroxylation is 2. The molecule has 2 heterocycles. The van der Waals surface area contributed by atoms with Gasteiger partial charge in [0.25, 0.3) is 0 Å². The standard InChI is InChI=1S/C16H28N4O2.HI/c1-11(14-12(2)20-22-13(14)3)9-18-15(17-5)19-10-16(4)7-6-8-21-16;/h11H,6-10H2,1-5H3,(H2,17,18,19);1H. The number of aliphatic imine (C=N–C) groups is 1. The largest absolute Gasteiger partial charge is 0.373 e. The van der Waals surface area contributed by atoms with Crippen LogP contribution in [0.2, 0.25) is 0 Å². The first-order chi connectivity index (χ1) is 10.4. The van der Waals surface area contributed by atoms with Crippen LogP contribution in [0.25, 0.3) is 0 Å². The number of halogens is 1. The molecule has 2 atom stereocenters. The maximum atomic E-state index is 5.79. The first-order valence-electron chi connectivity index (χ1n) is 7.96. The van der Waals surface area contributed by atoms with Crippen molar-refractivity contribution in [2.45, 2.75) is 52.1 Å². The first kappa shape index (κ1) is 20.2. The lowest BCUT2D eigenvalue weighted by molar-refractivity contribution is 0.0243. The molecule has 0 amide bonds. The molecule has 0 saturated carbocycles. The Labute approximate surface area is 155 Å². The van der Waals surface area contributed by atoms with E-state index in [2.05, 4.69) is 34.6 Å². The fourth-order valence-corrected chi connectivity index (χ4v) is 3.01. The van der Waals surface area contributed by atoms with Gasteiger partial charge in [0.15, 0.2) is 5.96 Å². The fraction of sp³-hybridized carbons (Fsp3) is 0.750. The van der Waals surface area contributed by atoms with Gasteiger partial charge < -0.3 is 19.9 Å². The van der Waals surface area contributed by atoms with E-state index in [-0.39, 0.29) is 29.6 Å². The van der Waals surface area contributed by atoms with Gasteiger partial charge in [0.05, 0.1) is 11.3 Å². The van der Waals surface area contributed by atoms with Crippen LogP contribution < -0.4 is 10.6 Å². The second-order valence-corrected chi connectivity index (χ2v) is 6.35. The van der Waals surface area contributed by atoms with Gasteiger partial charge in [-0.15, -0.1) is 24.0 Å². The summed E-state index contributed by atoms with van der Waals surface area (Å²) in [6.45, 7) is 10.6. The van der Waals surface area contributed by atoms with E-state index >= 15 is 0 Å². The molecule has 1 saturated heterocycles. The summed E-state index contributed by atoms with van der Waals surface area (Å²) in [4.78, 5) is 4.28. The Kier molecular flexibility index (Phi) is 7.79. The van der Waals surface area contributed by atoms with Crippen molar-refractivity contribution in [2.75, 3.05) is 26.7 Å². The third-order valence-electron chi connectivity index (χ3n) is 4.31. The number of hydrogen-bond acceptors (Lipinski definition) is 4. The van der Waals surface area contributed by atoms with Crippen molar-refractivity contribution in [1.29, 1.82) is 0 Å². The molecule has 0 spiro atoms. The summed E-state index contributed by atoms with van der Waals surface area (Å²) in [6.07, 6.45) is 2.22. The fourth-order valence-electron chi connectivity index (χ4n) is 3.01. The predicted molar refractivity (Wildman–Crippen MR) is 103 cm³/mol. The third kappa shape index (κ3) is 5.34. The van der Waals surface area contributed by atoms with Gasteiger partial charge in [-0.1, -0.05) is 12.1 Å². The topological polar surface area (TPSA) is 71.7 Å². The molecule has 1 aromatic rings. The SMILES string of the molecule is CN=C(NCC(C)c1c(C)noc1C)NCC1(C)CCCO1.I. The van der Waals surface area contributed by atoms with E-state index in [9.17, 15) is 0 Å². The van der Waals surface area contributed by atoms with Crippen molar-refractivity contribution >= 4 is 29.9 Å². The molecule has 2 rings (SSSR count). The molecule has 1 aliphatic rings. The van der Waals surface area contributed by atoms with E-state index in [4.69, 9.17) is 9.26 Å². The number of guanidine groups is 1. The van der Waals surface area contributed by atoms with Crippen molar-refractivity contribution in [2.24, 2.45) is 4.99 Å². The van der Waals surface area contributed by atoms with E-state index in [1.165, 1.54) is 5.56 Å². The third-order valence-corrected chi connectivity index (χ3v) is 4.31. The van der Waals surface area contributed by atoms with Crippen LogP contribution in [0.1, 0.15) is 49.6 Å². The average molecular weight is 436 g/mol. The maximum absolute atomic E-state index is 5.79. The molecule has 0 aromatic carbocycles. The number of aromatic nitrogens is 1. The molecule has 23 heavy (non-hydrogen) atoms. The van der Waals surface area contributed by atoms with Gasteiger partial charge in [-0.25, -0.2) is 0 Å². The van der Waals surface area contributed by atoms with E-state index in [1.807, 2.05) is 13.8 Å². The van der Waals surface area contributed by atoms with Crippen molar-refractivity contribution in [3.05, 3.63) is 17.0 Å². The van der Waals surface area contributed by atoms with Gasteiger partial charge in [0, 0.05) is 38.2 Å². The van der Waals surface area contributed by atoms with Gasteiger partial charge in [0.1, 0.15) is 5.76 Å². The van der Waals surface area contributed by atoms with E-state index < -0.39 is 0 Å². The number of ether oxygens (including phenoxy) is 1. The summed E-state index contributed by atoms with van der Waals surface area (Å²) in [5, 5.41) is 10.7. The lowest BCUT2D eigenvalue weighted by atomic mass is 10.00. The average Bonchev–Trinajstić information content (AvgIpc) is 3.06. The summed E-state index contributed by atoms with van der Waals surface area (Å²) in [6, 6.07) is 0. The minimum atomic E-state index is -0.0785. The van der Waals surface area contributed by atoms with Gasteiger partial charge in [0.2, 0.25) is 0 Å². The Morgan fingerprint density at radius 3 is 2.65 bits per heavy atom. The number of nitrogens with zero attached hydrogens (tertiary/aromatic N) is 2. The van der Waals surface area contributed by atoms with Crippen molar-refractivity contribution in [3.8, 4) is 0 Å². The van der Waals surface area contributed by atoms with E-state index in [1.54, 1.807) is 7.05 Å². The van der Waals surface area contributed by atoms with Crippen LogP contribution in [0.4, 0.5) is 0 Å². The lowest BCUT2D eigenvalue weighted by Crippen LogP contribution is -2.46. The maximum Gasteiger partial charge on any atom is 0.191 e. The Hall–Kier alpha value is -0.830. The van der Waals surface area contributed by atoms with Crippen molar-refractivity contribution in [1.82, 2.24) is 15.8 Å². The summed E-state index contributed by atoms with van der Waals surface area (Å²) < 4.78 is 11.0. The van der Waals surface area contributed by atoms with Gasteiger partial charge >= 0.3 is 0 Å². The summed E-state index contributed by atoms with van der Waals surface area (Å²) >= 11 is 0. The van der Waals surface area contributed by atoms with Crippen LogP contribution in [0, 0.1) is 13.8 Å². The Balaban J connectivity index is 0.00000264. The minimum Gasteiger partial charge on any atom is -0.373 e. The van der Waals surface area contributed by atoms with Crippen LogP contribution in [-0.4, -0.2) is 43.5 Å². The highest BCUT2D eigenvalue weighted by molar-refractivity contribution is 14.0. The molecule has 7 heteroatoms. The van der Waals surface area contributed by atoms with E-state index in [0.29, 0.717) is 5.92 Å². The van der Waals surface area contributed by atoms with Crippen LogP contribution in [0.5, 0.6) is 0 Å². The van der Waals surface area contributed by atoms with Crippen molar-refractivity contribution < 1.29 is 9.26 Å². The molecule has 0 radical (unpaired) electrons. The normalized spacial score (nSPS) is 22.6. The second-order valence-electron chi connectivity index (χ2n) is 6.35. The summed E-state index contributed by atoms with van der Waals surface area (Å²) in [5.74, 6) is 2.00. The lowest BCUT2D eigenvalue weighted by Gasteiger charge is -2.25. The molecular weight excluding hydrogens is 407 g/mol. The van der Waals surface area contributed by atoms with E-state index in [0.717, 1.165) is 50.0 Å². The van der Waals surface area contributed by atoms with Gasteiger partial charge in [-0.3, -0.25) is 4.99 Å². The number of nitrogens with one attached hydrogen (secondary N) is 2. The molecule has 6 nitrogen and oxygen atoms in total. The highest BCUT2D eigenvalue weighted by Gasteiger charge is 2.29. The highest BCUT2D eigenvalue weighted by atomic mass is 127. The number of rotatable bonds is 5.